The molecule has 3 heterocycles. The topological polar surface area (TPSA) is 128 Å². The van der Waals surface area contributed by atoms with Crippen molar-refractivity contribution in [3.05, 3.63) is 45.8 Å². The summed E-state index contributed by atoms with van der Waals surface area (Å²) in [4.78, 5) is 40.5. The number of anilines is 1. The van der Waals surface area contributed by atoms with Crippen molar-refractivity contribution in [1.29, 1.82) is 0 Å². The predicted molar refractivity (Wildman–Crippen MR) is 137 cm³/mol. The van der Waals surface area contributed by atoms with Crippen LogP contribution >= 0.6 is 11.3 Å². The Morgan fingerprint density at radius 2 is 1.75 bits per heavy atom. The van der Waals surface area contributed by atoms with Crippen LogP contribution in [0.2, 0.25) is 0 Å². The second kappa shape index (κ2) is 10.7. The SMILES string of the molecule is CC(=O)NNC(=O)c1c(NC(=O)c2ccc(S(=O)(=O)N3CCCCC3C)cc2)sc2c1CCN(C)C2. The number of likely N-dealkylation sites (N-methyl/N-ethyl adjacent to an activating group) is 1. The van der Waals surface area contributed by atoms with Crippen molar-refractivity contribution in [2.24, 2.45) is 0 Å². The van der Waals surface area contributed by atoms with E-state index in [-0.39, 0.29) is 16.5 Å². The van der Waals surface area contributed by atoms with Crippen molar-refractivity contribution in [2.45, 2.75) is 57.0 Å². The minimum absolute atomic E-state index is 0.0577. The minimum Gasteiger partial charge on any atom is -0.313 e. The number of thiophene rings is 1. The van der Waals surface area contributed by atoms with Gasteiger partial charge in [0.1, 0.15) is 5.00 Å². The average Bonchev–Trinajstić information content (AvgIpc) is 3.19. The molecule has 3 N–H and O–H groups in total. The van der Waals surface area contributed by atoms with Crippen LogP contribution in [-0.2, 0) is 27.8 Å². The first kappa shape index (κ1) is 26.3. The first-order valence-corrected chi connectivity index (χ1v) is 14.2. The molecule has 1 aromatic carbocycles. The number of rotatable bonds is 5. The normalized spacial score (nSPS) is 18.8. The van der Waals surface area contributed by atoms with Crippen LogP contribution in [0, 0.1) is 0 Å². The third kappa shape index (κ3) is 5.46. The van der Waals surface area contributed by atoms with Crippen LogP contribution in [0.25, 0.3) is 0 Å². The first-order chi connectivity index (χ1) is 17.1. The van der Waals surface area contributed by atoms with Gasteiger partial charge in [-0.2, -0.15) is 4.31 Å². The number of carbonyl (C=O) groups excluding carboxylic acids is 3. The molecule has 2 aliphatic heterocycles. The van der Waals surface area contributed by atoms with Gasteiger partial charge in [-0.05, 0) is 63.1 Å². The quantitative estimate of drug-likeness (QED) is 0.506. The number of carbonyl (C=O) groups is 3. The number of hydrogen-bond acceptors (Lipinski definition) is 7. The minimum atomic E-state index is -3.64. The van der Waals surface area contributed by atoms with E-state index in [1.807, 2.05) is 14.0 Å². The maximum absolute atomic E-state index is 13.1. The molecule has 1 fully saturated rings. The summed E-state index contributed by atoms with van der Waals surface area (Å²) in [5, 5.41) is 3.21. The monoisotopic (exact) mass is 533 g/mol. The summed E-state index contributed by atoms with van der Waals surface area (Å²) in [5.74, 6) is -1.36. The molecule has 12 heteroatoms. The molecule has 1 saturated heterocycles. The zero-order valence-corrected chi connectivity index (χ0v) is 22.2. The van der Waals surface area contributed by atoms with E-state index in [2.05, 4.69) is 21.1 Å². The van der Waals surface area contributed by atoms with E-state index in [9.17, 15) is 22.8 Å². The molecule has 1 atom stereocenters. The number of hydrogen-bond donors (Lipinski definition) is 3. The van der Waals surface area contributed by atoms with Crippen molar-refractivity contribution in [2.75, 3.05) is 25.5 Å². The molecule has 4 rings (SSSR count). The van der Waals surface area contributed by atoms with Gasteiger partial charge in [-0.3, -0.25) is 25.2 Å². The molecule has 0 radical (unpaired) electrons. The number of nitrogens with one attached hydrogen (secondary N) is 3. The van der Waals surface area contributed by atoms with Crippen molar-refractivity contribution in [1.82, 2.24) is 20.1 Å². The van der Waals surface area contributed by atoms with E-state index >= 15 is 0 Å². The highest BCUT2D eigenvalue weighted by Gasteiger charge is 2.31. The highest BCUT2D eigenvalue weighted by molar-refractivity contribution is 7.89. The average molecular weight is 534 g/mol. The van der Waals surface area contributed by atoms with Crippen LogP contribution in [0.3, 0.4) is 0 Å². The Morgan fingerprint density at radius 3 is 2.42 bits per heavy atom. The molecule has 194 valence electrons. The van der Waals surface area contributed by atoms with Gasteiger partial charge in [0.25, 0.3) is 11.8 Å². The van der Waals surface area contributed by atoms with Crippen molar-refractivity contribution >= 4 is 44.1 Å². The second-order valence-electron chi connectivity index (χ2n) is 9.27. The van der Waals surface area contributed by atoms with Crippen molar-refractivity contribution in [3.63, 3.8) is 0 Å². The highest BCUT2D eigenvalue weighted by atomic mass is 32.2. The Morgan fingerprint density at radius 1 is 1.03 bits per heavy atom. The van der Waals surface area contributed by atoms with Crippen LogP contribution in [-0.4, -0.2) is 61.5 Å². The largest absolute Gasteiger partial charge is 0.313 e. The van der Waals surface area contributed by atoms with Crippen LogP contribution in [0.5, 0.6) is 0 Å². The maximum atomic E-state index is 13.1. The van der Waals surface area contributed by atoms with E-state index in [4.69, 9.17) is 0 Å². The van der Waals surface area contributed by atoms with Gasteiger partial charge in [0.05, 0.1) is 10.5 Å². The van der Waals surface area contributed by atoms with Crippen molar-refractivity contribution < 1.29 is 22.8 Å². The first-order valence-electron chi connectivity index (χ1n) is 11.9. The third-order valence-corrected chi connectivity index (χ3v) is 9.68. The molecule has 3 amide bonds. The summed E-state index contributed by atoms with van der Waals surface area (Å²) in [7, 11) is -1.66. The van der Waals surface area contributed by atoms with Crippen LogP contribution in [0.1, 0.15) is 64.3 Å². The Hall–Kier alpha value is -2.80. The van der Waals surface area contributed by atoms with E-state index in [0.29, 0.717) is 30.1 Å². The van der Waals surface area contributed by atoms with Gasteiger partial charge in [0.15, 0.2) is 0 Å². The molecule has 0 aliphatic carbocycles. The van der Waals surface area contributed by atoms with Crippen LogP contribution in [0.4, 0.5) is 5.00 Å². The van der Waals surface area contributed by atoms with Gasteiger partial charge in [0, 0.05) is 43.0 Å². The van der Waals surface area contributed by atoms with E-state index in [1.54, 1.807) is 0 Å². The Labute approximate surface area is 215 Å². The van der Waals surface area contributed by atoms with Gasteiger partial charge >= 0.3 is 0 Å². The number of piperidine rings is 1. The zero-order chi connectivity index (χ0) is 26.0. The summed E-state index contributed by atoms with van der Waals surface area (Å²) in [5.41, 5.74) is 6.15. The fraction of sp³-hybridized carbons (Fsp3) is 0.458. The van der Waals surface area contributed by atoms with E-state index in [1.165, 1.54) is 46.8 Å². The van der Waals surface area contributed by atoms with Gasteiger partial charge in [-0.1, -0.05) is 6.42 Å². The van der Waals surface area contributed by atoms with E-state index in [0.717, 1.165) is 36.2 Å². The lowest BCUT2D eigenvalue weighted by atomic mass is 10.0. The standard InChI is InChI=1S/C24H31N5O5S2/c1-15-6-4-5-12-29(15)36(33,34)18-9-7-17(8-10-18)22(31)25-24-21(23(32)27-26-16(2)30)19-11-13-28(3)14-20(19)35-24/h7-10,15H,4-6,11-14H2,1-3H3,(H,25,31)(H,26,30)(H,27,32). The van der Waals surface area contributed by atoms with Gasteiger partial charge in [-0.15, -0.1) is 11.3 Å². The Balaban J connectivity index is 1.56. The van der Waals surface area contributed by atoms with Crippen LogP contribution in [0.15, 0.2) is 29.2 Å². The summed E-state index contributed by atoms with van der Waals surface area (Å²) in [6.45, 7) is 5.11. The third-order valence-electron chi connectivity index (χ3n) is 6.52. The highest BCUT2D eigenvalue weighted by Crippen LogP contribution is 2.37. The molecule has 2 aromatic rings. The molecular weight excluding hydrogens is 502 g/mol. The number of amides is 3. The molecule has 0 bridgehead atoms. The smallest absolute Gasteiger partial charge is 0.272 e. The summed E-state index contributed by atoms with van der Waals surface area (Å²) >= 11 is 1.33. The number of nitrogens with zero attached hydrogens (tertiary/aromatic N) is 2. The lowest BCUT2D eigenvalue weighted by molar-refractivity contribution is -0.119. The summed E-state index contributed by atoms with van der Waals surface area (Å²) in [6.07, 6.45) is 3.32. The lowest BCUT2D eigenvalue weighted by Gasteiger charge is -2.32. The number of sulfonamides is 1. The van der Waals surface area contributed by atoms with Gasteiger partial charge in [0.2, 0.25) is 15.9 Å². The Kier molecular flexibility index (Phi) is 7.79. The number of hydrazine groups is 1. The molecule has 0 saturated carbocycles. The van der Waals surface area contributed by atoms with E-state index < -0.39 is 27.7 Å². The predicted octanol–water partition coefficient (Wildman–Crippen LogP) is 2.33. The van der Waals surface area contributed by atoms with Gasteiger partial charge < -0.3 is 10.2 Å². The maximum Gasteiger partial charge on any atom is 0.272 e. The van der Waals surface area contributed by atoms with Gasteiger partial charge in [-0.25, -0.2) is 8.42 Å². The summed E-state index contributed by atoms with van der Waals surface area (Å²) in [6, 6.07) is 5.80. The fourth-order valence-corrected chi connectivity index (χ4v) is 7.60. The molecule has 2 aliphatic rings. The molecular formula is C24H31N5O5S2. The molecule has 1 unspecified atom stereocenters. The molecule has 10 nitrogen and oxygen atoms in total. The van der Waals surface area contributed by atoms with Crippen LogP contribution < -0.4 is 16.2 Å². The zero-order valence-electron chi connectivity index (χ0n) is 20.6. The molecule has 36 heavy (non-hydrogen) atoms. The van der Waals surface area contributed by atoms with Crippen molar-refractivity contribution in [3.8, 4) is 0 Å². The fourth-order valence-electron chi connectivity index (χ4n) is 4.58. The molecule has 0 spiro atoms. The lowest BCUT2D eigenvalue weighted by Crippen LogP contribution is -2.41. The molecule has 1 aromatic heterocycles. The second-order valence-corrected chi connectivity index (χ2v) is 12.3. The summed E-state index contributed by atoms with van der Waals surface area (Å²) < 4.78 is 27.7. The number of benzene rings is 1. The Bertz CT molecular complexity index is 1270. The number of fused-ring (bicyclic) bond motifs is 1.